The molecule has 0 radical (unpaired) electrons. The van der Waals surface area contributed by atoms with Gasteiger partial charge in [-0.05, 0) is 49.2 Å². The second kappa shape index (κ2) is 10.7. The third kappa shape index (κ3) is 6.75. The SMILES string of the molecule is COc1ccccc1CCNC(=O)COC(=O)COc1ccc(C(C)=O)cc1. The van der Waals surface area contributed by atoms with Crippen LogP contribution in [0.1, 0.15) is 22.8 Å². The third-order valence-corrected chi connectivity index (χ3v) is 3.89. The lowest BCUT2D eigenvalue weighted by Gasteiger charge is -2.10. The Balaban J connectivity index is 1.65. The zero-order chi connectivity index (χ0) is 20.4. The van der Waals surface area contributed by atoms with E-state index in [9.17, 15) is 14.4 Å². The molecule has 0 aliphatic rings. The van der Waals surface area contributed by atoms with Gasteiger partial charge in [-0.2, -0.15) is 0 Å². The molecule has 0 aliphatic carbocycles. The number of carbonyl (C=O) groups is 3. The number of ether oxygens (including phenoxy) is 3. The van der Waals surface area contributed by atoms with Crippen molar-refractivity contribution in [2.75, 3.05) is 26.9 Å². The molecule has 0 unspecified atom stereocenters. The molecule has 0 aromatic heterocycles. The van der Waals surface area contributed by atoms with Gasteiger partial charge >= 0.3 is 5.97 Å². The van der Waals surface area contributed by atoms with Crippen LogP contribution in [0.2, 0.25) is 0 Å². The highest BCUT2D eigenvalue weighted by Crippen LogP contribution is 2.17. The van der Waals surface area contributed by atoms with Crippen molar-refractivity contribution in [1.82, 2.24) is 5.32 Å². The maximum atomic E-state index is 11.8. The summed E-state index contributed by atoms with van der Waals surface area (Å²) >= 11 is 0. The topological polar surface area (TPSA) is 90.9 Å². The molecule has 7 nitrogen and oxygen atoms in total. The van der Waals surface area contributed by atoms with Crippen molar-refractivity contribution in [3.8, 4) is 11.5 Å². The van der Waals surface area contributed by atoms with Gasteiger partial charge in [-0.25, -0.2) is 4.79 Å². The first-order chi connectivity index (χ1) is 13.5. The second-order valence-corrected chi connectivity index (χ2v) is 5.94. The van der Waals surface area contributed by atoms with Crippen molar-refractivity contribution < 1.29 is 28.6 Å². The standard InChI is InChI=1S/C21H23NO6/c1-15(23)16-7-9-18(10-8-16)27-14-21(25)28-13-20(24)22-12-11-17-5-3-4-6-19(17)26-2/h3-10H,11-14H2,1-2H3,(H,22,24). The summed E-state index contributed by atoms with van der Waals surface area (Å²) < 4.78 is 15.4. The van der Waals surface area contributed by atoms with E-state index in [0.29, 0.717) is 24.3 Å². The number of hydrogen-bond acceptors (Lipinski definition) is 6. The van der Waals surface area contributed by atoms with Crippen molar-refractivity contribution in [2.24, 2.45) is 0 Å². The Kier molecular flexibility index (Phi) is 8.02. The molecule has 2 aromatic rings. The Morgan fingerprint density at radius 2 is 1.68 bits per heavy atom. The molecule has 0 saturated carbocycles. The molecule has 1 amide bonds. The van der Waals surface area contributed by atoms with E-state index in [4.69, 9.17) is 14.2 Å². The van der Waals surface area contributed by atoms with E-state index in [0.717, 1.165) is 11.3 Å². The number of para-hydroxylation sites is 1. The molecule has 0 aliphatic heterocycles. The number of amides is 1. The van der Waals surface area contributed by atoms with Crippen LogP contribution in [0.25, 0.3) is 0 Å². The highest BCUT2D eigenvalue weighted by Gasteiger charge is 2.09. The Bertz CT molecular complexity index is 816. The van der Waals surface area contributed by atoms with Crippen molar-refractivity contribution in [2.45, 2.75) is 13.3 Å². The van der Waals surface area contributed by atoms with Gasteiger partial charge < -0.3 is 19.5 Å². The summed E-state index contributed by atoms with van der Waals surface area (Å²) in [6.07, 6.45) is 0.600. The predicted molar refractivity (Wildman–Crippen MR) is 103 cm³/mol. The lowest BCUT2D eigenvalue weighted by molar-refractivity contribution is -0.150. The van der Waals surface area contributed by atoms with Crippen molar-refractivity contribution in [3.05, 3.63) is 59.7 Å². The highest BCUT2D eigenvalue weighted by atomic mass is 16.6. The minimum Gasteiger partial charge on any atom is -0.496 e. The maximum absolute atomic E-state index is 11.8. The van der Waals surface area contributed by atoms with Crippen LogP contribution in [0, 0.1) is 0 Å². The molecule has 2 rings (SSSR count). The fraction of sp³-hybridized carbons (Fsp3) is 0.286. The summed E-state index contributed by atoms with van der Waals surface area (Å²) in [5, 5.41) is 2.68. The van der Waals surface area contributed by atoms with Gasteiger partial charge in [0.15, 0.2) is 19.0 Å². The molecular weight excluding hydrogens is 362 g/mol. The molecule has 0 fully saturated rings. The first-order valence-corrected chi connectivity index (χ1v) is 8.77. The van der Waals surface area contributed by atoms with Gasteiger partial charge in [-0.1, -0.05) is 18.2 Å². The van der Waals surface area contributed by atoms with Crippen LogP contribution in [-0.4, -0.2) is 44.5 Å². The average molecular weight is 385 g/mol. The van der Waals surface area contributed by atoms with Crippen LogP contribution >= 0.6 is 0 Å². The molecule has 0 spiro atoms. The van der Waals surface area contributed by atoms with Crippen LogP contribution < -0.4 is 14.8 Å². The van der Waals surface area contributed by atoms with Gasteiger partial charge in [0.1, 0.15) is 11.5 Å². The first-order valence-electron chi connectivity index (χ1n) is 8.77. The summed E-state index contributed by atoms with van der Waals surface area (Å²) in [5.41, 5.74) is 1.53. The number of rotatable bonds is 10. The Morgan fingerprint density at radius 3 is 2.36 bits per heavy atom. The van der Waals surface area contributed by atoms with Gasteiger partial charge in [0, 0.05) is 12.1 Å². The van der Waals surface area contributed by atoms with Crippen molar-refractivity contribution in [1.29, 1.82) is 0 Å². The van der Waals surface area contributed by atoms with Crippen LogP contribution in [0.3, 0.4) is 0 Å². The minimum atomic E-state index is -0.657. The monoisotopic (exact) mass is 385 g/mol. The zero-order valence-electron chi connectivity index (χ0n) is 15.9. The van der Waals surface area contributed by atoms with Gasteiger partial charge in [-0.15, -0.1) is 0 Å². The molecule has 0 atom stereocenters. The molecule has 1 N–H and O–H groups in total. The number of Topliss-reactive ketones (excluding diaryl/α,β-unsaturated/α-hetero) is 1. The average Bonchev–Trinajstić information content (AvgIpc) is 2.71. The third-order valence-electron chi connectivity index (χ3n) is 3.89. The number of nitrogens with one attached hydrogen (secondary N) is 1. The molecule has 0 bridgehead atoms. The Morgan fingerprint density at radius 1 is 0.964 bits per heavy atom. The molecule has 148 valence electrons. The van der Waals surface area contributed by atoms with E-state index in [-0.39, 0.29) is 19.0 Å². The summed E-state index contributed by atoms with van der Waals surface area (Å²) in [7, 11) is 1.59. The molecular formula is C21H23NO6. The predicted octanol–water partition coefficient (Wildman–Crippen LogP) is 2.18. The van der Waals surface area contributed by atoms with Crippen LogP contribution in [-0.2, 0) is 20.7 Å². The molecule has 0 saturated heterocycles. The number of hydrogen-bond donors (Lipinski definition) is 1. The van der Waals surface area contributed by atoms with Gasteiger partial charge in [0.2, 0.25) is 0 Å². The second-order valence-electron chi connectivity index (χ2n) is 5.94. The Hall–Kier alpha value is -3.35. The van der Waals surface area contributed by atoms with E-state index < -0.39 is 11.9 Å². The van der Waals surface area contributed by atoms with Crippen LogP contribution in [0.15, 0.2) is 48.5 Å². The summed E-state index contributed by atoms with van der Waals surface area (Å²) in [4.78, 5) is 34.7. The van der Waals surface area contributed by atoms with E-state index >= 15 is 0 Å². The number of methoxy groups -OCH3 is 1. The maximum Gasteiger partial charge on any atom is 0.344 e. The Labute approximate surface area is 163 Å². The lowest BCUT2D eigenvalue weighted by Crippen LogP contribution is -2.31. The quantitative estimate of drug-likeness (QED) is 0.498. The molecule has 7 heteroatoms. The van der Waals surface area contributed by atoms with Crippen LogP contribution in [0.4, 0.5) is 0 Å². The zero-order valence-corrected chi connectivity index (χ0v) is 15.9. The van der Waals surface area contributed by atoms with E-state index in [1.54, 1.807) is 31.4 Å². The summed E-state index contributed by atoms with van der Waals surface area (Å²) in [6, 6.07) is 14.0. The molecule has 2 aromatic carbocycles. The van der Waals surface area contributed by atoms with E-state index in [2.05, 4.69) is 5.32 Å². The van der Waals surface area contributed by atoms with Gasteiger partial charge in [0.05, 0.1) is 7.11 Å². The number of benzene rings is 2. The van der Waals surface area contributed by atoms with Gasteiger partial charge in [-0.3, -0.25) is 9.59 Å². The van der Waals surface area contributed by atoms with Crippen molar-refractivity contribution in [3.63, 3.8) is 0 Å². The van der Waals surface area contributed by atoms with Crippen LogP contribution in [0.5, 0.6) is 11.5 Å². The fourth-order valence-electron chi connectivity index (χ4n) is 2.41. The van der Waals surface area contributed by atoms with Crippen molar-refractivity contribution >= 4 is 17.7 Å². The largest absolute Gasteiger partial charge is 0.496 e. The minimum absolute atomic E-state index is 0.0531. The first kappa shape index (κ1) is 21.0. The lowest BCUT2D eigenvalue weighted by atomic mass is 10.1. The fourth-order valence-corrected chi connectivity index (χ4v) is 2.41. The van der Waals surface area contributed by atoms with Gasteiger partial charge in [0.25, 0.3) is 5.91 Å². The highest BCUT2D eigenvalue weighted by molar-refractivity contribution is 5.94. The summed E-state index contributed by atoms with van der Waals surface area (Å²) in [5.74, 6) is 0.0899. The molecule has 0 heterocycles. The number of esters is 1. The van der Waals surface area contributed by atoms with E-state index in [1.807, 2.05) is 24.3 Å². The number of ketones is 1. The molecule has 28 heavy (non-hydrogen) atoms. The normalized spacial score (nSPS) is 10.1. The number of carbonyl (C=O) groups excluding carboxylic acids is 3. The van der Waals surface area contributed by atoms with E-state index in [1.165, 1.54) is 6.92 Å². The smallest absolute Gasteiger partial charge is 0.344 e. The summed E-state index contributed by atoms with van der Waals surface area (Å²) in [6.45, 7) is 1.16.